The van der Waals surface area contributed by atoms with Crippen LogP contribution in [0, 0.1) is 6.92 Å². The highest BCUT2D eigenvalue weighted by atomic mass is 19.4. The van der Waals surface area contributed by atoms with Gasteiger partial charge >= 0.3 is 6.18 Å². The van der Waals surface area contributed by atoms with E-state index in [1.165, 1.54) is 6.07 Å². The number of alkyl halides is 3. The Morgan fingerprint density at radius 2 is 1.85 bits per heavy atom. The summed E-state index contributed by atoms with van der Waals surface area (Å²) in [6, 6.07) is 15.3. The molecule has 6 rings (SSSR count). The fourth-order valence-corrected chi connectivity index (χ4v) is 5.22. The third-order valence-electron chi connectivity index (χ3n) is 7.25. The van der Waals surface area contributed by atoms with E-state index in [0.29, 0.717) is 43.2 Å². The summed E-state index contributed by atoms with van der Waals surface area (Å²) < 4.78 is 52.6. The molecule has 1 saturated heterocycles. The summed E-state index contributed by atoms with van der Waals surface area (Å²) in [4.78, 5) is 20.7. The Balaban J connectivity index is 1.35. The number of para-hydroxylation sites is 1. The number of nitrogens with one attached hydrogen (secondary N) is 2. The number of rotatable bonds is 3. The first-order valence-corrected chi connectivity index (χ1v) is 12.6. The number of hydrogen-bond acceptors (Lipinski definition) is 6. The summed E-state index contributed by atoms with van der Waals surface area (Å²) in [5.74, 6) is 0.784. The van der Waals surface area contributed by atoms with Crippen molar-refractivity contribution in [2.75, 3.05) is 23.8 Å². The van der Waals surface area contributed by atoms with Crippen molar-refractivity contribution in [3.63, 3.8) is 0 Å². The number of ether oxygens (including phenoxy) is 2. The van der Waals surface area contributed by atoms with Crippen molar-refractivity contribution in [3.8, 4) is 16.9 Å². The predicted octanol–water partition coefficient (Wildman–Crippen LogP) is 6.64. The quantitative estimate of drug-likeness (QED) is 0.307. The minimum atomic E-state index is -4.53. The van der Waals surface area contributed by atoms with Gasteiger partial charge in [0.05, 0.1) is 36.4 Å². The maximum absolute atomic E-state index is 13.5. The number of aromatic nitrogens is 2. The summed E-state index contributed by atoms with van der Waals surface area (Å²) in [5.41, 5.74) is 2.46. The van der Waals surface area contributed by atoms with E-state index in [0.717, 1.165) is 29.1 Å². The van der Waals surface area contributed by atoms with E-state index >= 15 is 0 Å². The maximum atomic E-state index is 13.5. The summed E-state index contributed by atoms with van der Waals surface area (Å²) >= 11 is 0. The lowest BCUT2D eigenvalue weighted by Gasteiger charge is -2.35. The highest BCUT2D eigenvalue weighted by Gasteiger charge is 2.40. The van der Waals surface area contributed by atoms with Gasteiger partial charge in [-0.2, -0.15) is 13.2 Å². The van der Waals surface area contributed by atoms with Gasteiger partial charge in [-0.05, 0) is 60.0 Å². The molecule has 0 unspecified atom stereocenters. The number of carbonyl (C=O) groups excluding carboxylic acids is 1. The van der Waals surface area contributed by atoms with Crippen molar-refractivity contribution in [2.45, 2.75) is 38.0 Å². The Morgan fingerprint density at radius 1 is 1.03 bits per heavy atom. The standard InChI is InChI=1S/C29H25F3N4O3/c1-17-5-7-19(35-27-20-3-2-4-22(29(30,31)32)26(20)33-16-34-27)14-21(17)18-6-8-23-24(13-18)39-28(15-25(37)36-23)9-11-38-12-10-28/h2-8,13-14,16H,9-12,15H2,1H3,(H,36,37)(H,33,34,35). The first-order chi connectivity index (χ1) is 18.7. The number of fused-ring (bicyclic) bond motifs is 2. The summed E-state index contributed by atoms with van der Waals surface area (Å²) in [6.45, 7) is 3.05. The molecule has 0 atom stereocenters. The number of nitrogens with zero attached hydrogens (tertiary/aromatic N) is 2. The summed E-state index contributed by atoms with van der Waals surface area (Å²) in [5, 5.41) is 6.39. The molecule has 3 aromatic carbocycles. The van der Waals surface area contributed by atoms with E-state index in [1.54, 1.807) is 6.07 Å². The minimum Gasteiger partial charge on any atom is -0.484 e. The molecular weight excluding hydrogens is 509 g/mol. The van der Waals surface area contributed by atoms with Crippen molar-refractivity contribution < 1.29 is 27.4 Å². The predicted molar refractivity (Wildman–Crippen MR) is 141 cm³/mol. The highest BCUT2D eigenvalue weighted by Crippen LogP contribution is 2.41. The fraction of sp³-hybridized carbons (Fsp3) is 0.276. The molecule has 39 heavy (non-hydrogen) atoms. The molecule has 2 N–H and O–H groups in total. The van der Waals surface area contributed by atoms with Gasteiger partial charge in [0, 0.05) is 23.9 Å². The smallest absolute Gasteiger partial charge is 0.418 e. The second-order valence-electron chi connectivity index (χ2n) is 9.91. The van der Waals surface area contributed by atoms with Gasteiger partial charge < -0.3 is 20.1 Å². The first-order valence-electron chi connectivity index (χ1n) is 12.6. The van der Waals surface area contributed by atoms with Crippen LogP contribution < -0.4 is 15.4 Å². The number of benzene rings is 3. The molecule has 2 aliphatic rings. The van der Waals surface area contributed by atoms with Gasteiger partial charge in [0.2, 0.25) is 5.91 Å². The zero-order valence-electron chi connectivity index (χ0n) is 21.1. The van der Waals surface area contributed by atoms with Gasteiger partial charge in [-0.1, -0.05) is 18.2 Å². The van der Waals surface area contributed by atoms with Crippen LogP contribution in [0.25, 0.3) is 22.0 Å². The maximum Gasteiger partial charge on any atom is 0.418 e. The number of hydrogen-bond donors (Lipinski definition) is 2. The van der Waals surface area contributed by atoms with Gasteiger partial charge in [0.1, 0.15) is 23.5 Å². The van der Waals surface area contributed by atoms with Crippen LogP contribution in [-0.4, -0.2) is 34.7 Å². The average Bonchev–Trinajstić information content (AvgIpc) is 3.03. The molecule has 0 radical (unpaired) electrons. The molecule has 200 valence electrons. The molecule has 1 amide bonds. The lowest BCUT2D eigenvalue weighted by Crippen LogP contribution is -2.43. The molecule has 1 fully saturated rings. The van der Waals surface area contributed by atoms with Gasteiger partial charge in [-0.15, -0.1) is 0 Å². The van der Waals surface area contributed by atoms with E-state index in [9.17, 15) is 18.0 Å². The SMILES string of the molecule is Cc1ccc(Nc2ncnc3c(C(F)(F)F)cccc23)cc1-c1ccc2c(c1)OC1(CCOCC1)CC(=O)N2. The van der Waals surface area contributed by atoms with Gasteiger partial charge in [-0.3, -0.25) is 4.79 Å². The Morgan fingerprint density at radius 3 is 2.64 bits per heavy atom. The number of amides is 1. The average molecular weight is 535 g/mol. The second kappa shape index (κ2) is 9.53. The normalized spacial score (nSPS) is 16.8. The second-order valence-corrected chi connectivity index (χ2v) is 9.91. The Labute approximate surface area is 222 Å². The van der Waals surface area contributed by atoms with Crippen molar-refractivity contribution in [2.24, 2.45) is 0 Å². The van der Waals surface area contributed by atoms with Crippen LogP contribution in [0.1, 0.15) is 30.4 Å². The van der Waals surface area contributed by atoms with Crippen molar-refractivity contribution >= 4 is 34.0 Å². The molecule has 4 aromatic rings. The molecule has 0 bridgehead atoms. The van der Waals surface area contributed by atoms with Crippen LogP contribution >= 0.6 is 0 Å². The van der Waals surface area contributed by atoms with Crippen LogP contribution in [-0.2, 0) is 15.7 Å². The lowest BCUT2D eigenvalue weighted by molar-refractivity contribution is -0.136. The van der Waals surface area contributed by atoms with Crippen molar-refractivity contribution in [3.05, 3.63) is 72.1 Å². The number of anilines is 3. The highest BCUT2D eigenvalue weighted by molar-refractivity contribution is 5.95. The van der Waals surface area contributed by atoms with E-state index in [2.05, 4.69) is 20.6 Å². The van der Waals surface area contributed by atoms with Crippen LogP contribution in [0.2, 0.25) is 0 Å². The molecule has 1 aromatic heterocycles. The summed E-state index contributed by atoms with van der Waals surface area (Å²) in [6.07, 6.45) is -1.88. The summed E-state index contributed by atoms with van der Waals surface area (Å²) in [7, 11) is 0. The van der Waals surface area contributed by atoms with E-state index in [-0.39, 0.29) is 29.0 Å². The molecule has 7 nitrogen and oxygen atoms in total. The molecule has 3 heterocycles. The number of aryl methyl sites for hydroxylation is 1. The van der Waals surface area contributed by atoms with Gasteiger partial charge in [-0.25, -0.2) is 9.97 Å². The van der Waals surface area contributed by atoms with Crippen LogP contribution in [0.3, 0.4) is 0 Å². The fourth-order valence-electron chi connectivity index (χ4n) is 5.22. The van der Waals surface area contributed by atoms with Gasteiger partial charge in [0.15, 0.2) is 0 Å². The topological polar surface area (TPSA) is 85.4 Å². The third-order valence-corrected chi connectivity index (χ3v) is 7.25. The third kappa shape index (κ3) is 4.87. The van der Waals surface area contributed by atoms with Crippen LogP contribution in [0.5, 0.6) is 5.75 Å². The van der Waals surface area contributed by atoms with Crippen LogP contribution in [0.15, 0.2) is 60.9 Å². The van der Waals surface area contributed by atoms with E-state index < -0.39 is 17.3 Å². The Bertz CT molecular complexity index is 1580. The largest absolute Gasteiger partial charge is 0.484 e. The zero-order valence-corrected chi connectivity index (χ0v) is 21.1. The molecule has 2 aliphatic heterocycles. The monoisotopic (exact) mass is 534 g/mol. The number of carbonyl (C=O) groups is 1. The molecule has 0 aliphatic carbocycles. The number of halogens is 3. The minimum absolute atomic E-state index is 0.0865. The van der Waals surface area contributed by atoms with Crippen LogP contribution in [0.4, 0.5) is 30.4 Å². The molecule has 0 saturated carbocycles. The molecule has 10 heteroatoms. The molecular formula is C29H25F3N4O3. The zero-order chi connectivity index (χ0) is 27.2. The van der Waals surface area contributed by atoms with E-state index in [4.69, 9.17) is 9.47 Å². The van der Waals surface area contributed by atoms with E-state index in [1.807, 2.05) is 43.3 Å². The molecule has 1 spiro atoms. The Kier molecular flexibility index (Phi) is 6.14. The van der Waals surface area contributed by atoms with Crippen molar-refractivity contribution in [1.29, 1.82) is 0 Å². The van der Waals surface area contributed by atoms with Gasteiger partial charge in [0.25, 0.3) is 0 Å². The first kappa shape index (κ1) is 25.1. The van der Waals surface area contributed by atoms with Crippen molar-refractivity contribution in [1.82, 2.24) is 9.97 Å². The Hall–Kier alpha value is -4.18. The lowest BCUT2D eigenvalue weighted by atomic mass is 9.90.